The summed E-state index contributed by atoms with van der Waals surface area (Å²) in [5.41, 5.74) is 17.1. The molecule has 5 heteroatoms. The van der Waals surface area contributed by atoms with Gasteiger partial charge in [0.1, 0.15) is 0 Å². The number of hydrogen-bond acceptors (Lipinski definition) is 2. The lowest BCUT2D eigenvalue weighted by molar-refractivity contribution is 1.15. The third kappa shape index (κ3) is 6.18. The lowest BCUT2D eigenvalue weighted by Crippen LogP contribution is -2.03. The van der Waals surface area contributed by atoms with Crippen LogP contribution in [-0.4, -0.2) is 23.7 Å². The molecule has 0 aliphatic carbocycles. The summed E-state index contributed by atoms with van der Waals surface area (Å²) in [5.74, 6) is 0.660. The van der Waals surface area contributed by atoms with Crippen LogP contribution in [0, 0.1) is 0 Å². The van der Waals surface area contributed by atoms with Crippen LogP contribution in [0.1, 0.15) is 0 Å². The third-order valence-corrected chi connectivity index (χ3v) is 13.9. The van der Waals surface area contributed by atoms with E-state index >= 15 is 0 Å². The van der Waals surface area contributed by atoms with Crippen LogP contribution in [-0.2, 0) is 0 Å². The standard InChI is InChI=1S/C64H41N5/c1-3-19-42(20-4-1)54-41-55(43-21-5-2-6-22-43)66-64(65-54)44-35-37-52(50-27-11-17-33-60(50)68-58-31-15-9-25-48(58)49-26-10-16-32-59(49)68)63(39-44)69-61-34-18-12-28-51(61)53-40-45(36-38-62(53)69)67-56-29-13-7-23-46(56)47-24-8-14-30-57(47)67/h1-41H. The van der Waals surface area contributed by atoms with Gasteiger partial charge in [0, 0.05) is 65.8 Å². The van der Waals surface area contributed by atoms with Crippen LogP contribution < -0.4 is 0 Å². The Labute approximate surface area is 398 Å². The highest BCUT2D eigenvalue weighted by atomic mass is 15.0. The van der Waals surface area contributed by atoms with E-state index in [2.05, 4.69) is 250 Å². The van der Waals surface area contributed by atoms with E-state index in [4.69, 9.17) is 9.97 Å². The topological polar surface area (TPSA) is 40.6 Å². The second-order valence-corrected chi connectivity index (χ2v) is 17.7. The zero-order valence-corrected chi connectivity index (χ0v) is 37.4. The van der Waals surface area contributed by atoms with Gasteiger partial charge in [-0.2, -0.15) is 0 Å². The van der Waals surface area contributed by atoms with Gasteiger partial charge in [-0.3, -0.25) is 0 Å². The maximum atomic E-state index is 5.34. The summed E-state index contributed by atoms with van der Waals surface area (Å²) < 4.78 is 7.30. The maximum Gasteiger partial charge on any atom is 0.160 e. The number of para-hydroxylation sites is 6. The van der Waals surface area contributed by atoms with Gasteiger partial charge in [-0.05, 0) is 66.7 Å². The molecule has 0 bridgehead atoms. The first-order valence-corrected chi connectivity index (χ1v) is 23.5. The fourth-order valence-corrected chi connectivity index (χ4v) is 10.8. The van der Waals surface area contributed by atoms with Crippen molar-refractivity contribution in [2.75, 3.05) is 0 Å². The molecule has 4 aromatic heterocycles. The summed E-state index contributed by atoms with van der Waals surface area (Å²) in [4.78, 5) is 10.7. The predicted octanol–water partition coefficient (Wildman–Crippen LogP) is 16.4. The fraction of sp³-hybridized carbons (Fsp3) is 0. The van der Waals surface area contributed by atoms with Crippen molar-refractivity contribution < 1.29 is 0 Å². The average Bonchev–Trinajstić information content (AvgIpc) is 4.07. The van der Waals surface area contributed by atoms with Gasteiger partial charge in [0.15, 0.2) is 5.82 Å². The van der Waals surface area contributed by atoms with E-state index in [-0.39, 0.29) is 0 Å². The molecular weight excluding hydrogens is 839 g/mol. The van der Waals surface area contributed by atoms with E-state index in [9.17, 15) is 0 Å². The molecule has 0 aliphatic rings. The lowest BCUT2D eigenvalue weighted by atomic mass is 9.98. The van der Waals surface area contributed by atoms with Gasteiger partial charge in [-0.25, -0.2) is 9.97 Å². The third-order valence-electron chi connectivity index (χ3n) is 13.9. The van der Waals surface area contributed by atoms with E-state index in [1.807, 2.05) is 12.1 Å². The van der Waals surface area contributed by atoms with Gasteiger partial charge >= 0.3 is 0 Å². The molecule has 0 unspecified atom stereocenters. The summed E-state index contributed by atoms with van der Waals surface area (Å²) in [5, 5.41) is 7.29. The van der Waals surface area contributed by atoms with Crippen molar-refractivity contribution in [3.63, 3.8) is 0 Å². The zero-order chi connectivity index (χ0) is 45.4. The highest BCUT2D eigenvalue weighted by Crippen LogP contribution is 2.43. The van der Waals surface area contributed by atoms with Crippen molar-refractivity contribution in [3.8, 4) is 62.1 Å². The normalized spacial score (nSPS) is 11.8. The monoisotopic (exact) mass is 879 g/mol. The Morgan fingerprint density at radius 2 is 0.652 bits per heavy atom. The minimum absolute atomic E-state index is 0.660. The van der Waals surface area contributed by atoms with E-state index in [1.165, 1.54) is 54.4 Å². The lowest BCUT2D eigenvalue weighted by Gasteiger charge is -2.20. The number of aromatic nitrogens is 5. The van der Waals surface area contributed by atoms with Crippen molar-refractivity contribution in [2.24, 2.45) is 0 Å². The predicted molar refractivity (Wildman–Crippen MR) is 287 cm³/mol. The van der Waals surface area contributed by atoms with Gasteiger partial charge < -0.3 is 13.7 Å². The molecule has 69 heavy (non-hydrogen) atoms. The van der Waals surface area contributed by atoms with Gasteiger partial charge in [0.25, 0.3) is 0 Å². The van der Waals surface area contributed by atoms with E-state index < -0.39 is 0 Å². The summed E-state index contributed by atoms with van der Waals surface area (Å²) in [7, 11) is 0. The Morgan fingerprint density at radius 1 is 0.246 bits per heavy atom. The molecule has 4 heterocycles. The molecular formula is C64H41N5. The van der Waals surface area contributed by atoms with Crippen LogP contribution in [0.25, 0.3) is 128 Å². The van der Waals surface area contributed by atoms with Crippen LogP contribution in [0.15, 0.2) is 249 Å². The van der Waals surface area contributed by atoms with E-state index in [0.717, 1.165) is 67.3 Å². The van der Waals surface area contributed by atoms with Gasteiger partial charge in [0.05, 0.1) is 55.9 Å². The van der Waals surface area contributed by atoms with Crippen molar-refractivity contribution in [1.29, 1.82) is 0 Å². The van der Waals surface area contributed by atoms with Crippen LogP contribution >= 0.6 is 0 Å². The molecule has 0 saturated heterocycles. The molecule has 0 spiro atoms. The quantitative estimate of drug-likeness (QED) is 0.160. The number of rotatable bonds is 7. The molecule has 0 saturated carbocycles. The fourth-order valence-electron chi connectivity index (χ4n) is 10.8. The van der Waals surface area contributed by atoms with Crippen LogP contribution in [0.4, 0.5) is 0 Å². The molecule has 0 amide bonds. The molecule has 14 rings (SSSR count). The minimum Gasteiger partial charge on any atom is -0.309 e. The maximum absolute atomic E-state index is 5.34. The first-order chi connectivity index (χ1) is 34.2. The minimum atomic E-state index is 0.660. The van der Waals surface area contributed by atoms with Crippen LogP contribution in [0.5, 0.6) is 0 Å². The Hall–Kier alpha value is -9.32. The largest absolute Gasteiger partial charge is 0.309 e. The number of fused-ring (bicyclic) bond motifs is 9. The Balaban J connectivity index is 1.06. The molecule has 0 fully saturated rings. The molecule has 0 aliphatic heterocycles. The summed E-state index contributed by atoms with van der Waals surface area (Å²) in [6, 6.07) is 89.3. The SMILES string of the molecule is c1ccc(-c2cc(-c3ccccc3)nc(-c3ccc(-c4ccccc4-n4c5ccccc5c5ccccc54)c(-n4c5ccccc5c5cc(-n6c7ccccc7c7ccccc76)ccc54)c3)n2)cc1. The molecule has 0 atom stereocenters. The van der Waals surface area contributed by atoms with E-state index in [0.29, 0.717) is 5.82 Å². The highest BCUT2D eigenvalue weighted by Gasteiger charge is 2.23. The second kappa shape index (κ2) is 15.7. The average molecular weight is 880 g/mol. The van der Waals surface area contributed by atoms with E-state index in [1.54, 1.807) is 0 Å². The Morgan fingerprint density at radius 3 is 1.19 bits per heavy atom. The second-order valence-electron chi connectivity index (χ2n) is 17.7. The molecule has 5 nitrogen and oxygen atoms in total. The first-order valence-electron chi connectivity index (χ1n) is 23.5. The van der Waals surface area contributed by atoms with Gasteiger partial charge in [0.2, 0.25) is 0 Å². The first kappa shape index (κ1) is 38.9. The molecule has 14 aromatic rings. The van der Waals surface area contributed by atoms with Crippen LogP contribution in [0.2, 0.25) is 0 Å². The summed E-state index contributed by atoms with van der Waals surface area (Å²) in [6.45, 7) is 0. The van der Waals surface area contributed by atoms with Gasteiger partial charge in [-0.15, -0.1) is 0 Å². The zero-order valence-electron chi connectivity index (χ0n) is 37.4. The van der Waals surface area contributed by atoms with Crippen molar-refractivity contribution >= 4 is 65.4 Å². The number of benzene rings is 10. The summed E-state index contributed by atoms with van der Waals surface area (Å²) in [6.07, 6.45) is 0. The molecule has 322 valence electrons. The highest BCUT2D eigenvalue weighted by molar-refractivity contribution is 6.13. The number of hydrogen-bond donors (Lipinski definition) is 0. The summed E-state index contributed by atoms with van der Waals surface area (Å²) >= 11 is 0. The molecule has 0 N–H and O–H groups in total. The van der Waals surface area contributed by atoms with Crippen molar-refractivity contribution in [3.05, 3.63) is 249 Å². The Bertz CT molecular complexity index is 4140. The molecule has 0 radical (unpaired) electrons. The van der Waals surface area contributed by atoms with Gasteiger partial charge in [-0.1, -0.05) is 182 Å². The van der Waals surface area contributed by atoms with Crippen molar-refractivity contribution in [1.82, 2.24) is 23.7 Å². The Kier molecular flexibility index (Phi) is 8.83. The van der Waals surface area contributed by atoms with Crippen LogP contribution in [0.3, 0.4) is 0 Å². The van der Waals surface area contributed by atoms with Crippen molar-refractivity contribution in [2.45, 2.75) is 0 Å². The smallest absolute Gasteiger partial charge is 0.160 e. The number of nitrogens with zero attached hydrogens (tertiary/aromatic N) is 5. The molecule has 10 aromatic carbocycles.